The number of aromatic carboxylic acids is 1. The maximum atomic E-state index is 11.2. The summed E-state index contributed by atoms with van der Waals surface area (Å²) in [5, 5.41) is 9.20. The van der Waals surface area contributed by atoms with Crippen LogP contribution in [0.25, 0.3) is 0 Å². The molecule has 2 aliphatic carbocycles. The number of carboxylic acid groups (broad SMARTS) is 1. The molecule has 4 rings (SSSR count). The Morgan fingerprint density at radius 1 is 1.35 bits per heavy atom. The van der Waals surface area contributed by atoms with Gasteiger partial charge in [-0.2, -0.15) is 0 Å². The van der Waals surface area contributed by atoms with Crippen molar-refractivity contribution in [1.82, 2.24) is 4.98 Å². The van der Waals surface area contributed by atoms with Gasteiger partial charge < -0.3 is 14.7 Å². The molecule has 5 heteroatoms. The van der Waals surface area contributed by atoms with E-state index in [0.29, 0.717) is 5.92 Å². The van der Waals surface area contributed by atoms with Crippen molar-refractivity contribution in [2.75, 3.05) is 18.0 Å². The van der Waals surface area contributed by atoms with Crippen LogP contribution in [0.2, 0.25) is 0 Å². The van der Waals surface area contributed by atoms with E-state index in [0.717, 1.165) is 31.2 Å². The zero-order chi connectivity index (χ0) is 16.2. The van der Waals surface area contributed by atoms with Crippen molar-refractivity contribution in [2.24, 2.45) is 11.8 Å². The van der Waals surface area contributed by atoms with Crippen LogP contribution in [-0.2, 0) is 4.74 Å². The Kier molecular flexibility index (Phi) is 3.21. The van der Waals surface area contributed by atoms with E-state index in [-0.39, 0.29) is 16.9 Å². The SMILES string of the molecule is CC1(C)CN(c2cccc(C(=O)O)n2)C[C@]2(C[C@@H]3CC[C@H]2C3)O1. The van der Waals surface area contributed by atoms with E-state index in [1.165, 1.54) is 19.3 Å². The fraction of sp³-hybridized carbons (Fsp3) is 0.667. The van der Waals surface area contributed by atoms with E-state index in [1.807, 2.05) is 6.07 Å². The quantitative estimate of drug-likeness (QED) is 0.909. The van der Waals surface area contributed by atoms with Gasteiger partial charge in [-0.05, 0) is 63.5 Å². The number of hydrogen-bond donors (Lipinski definition) is 1. The molecule has 3 fully saturated rings. The first-order valence-corrected chi connectivity index (χ1v) is 8.52. The van der Waals surface area contributed by atoms with Crippen LogP contribution in [0.4, 0.5) is 5.82 Å². The number of ether oxygens (including phenoxy) is 1. The molecule has 1 aliphatic heterocycles. The number of carbonyl (C=O) groups is 1. The third kappa shape index (κ3) is 2.51. The second-order valence-electron chi connectivity index (χ2n) is 8.05. The lowest BCUT2D eigenvalue weighted by molar-refractivity contribution is -0.175. The molecule has 0 unspecified atom stereocenters. The maximum Gasteiger partial charge on any atom is 0.354 e. The molecular formula is C18H24N2O3. The second-order valence-corrected chi connectivity index (χ2v) is 8.05. The van der Waals surface area contributed by atoms with Crippen molar-refractivity contribution in [3.63, 3.8) is 0 Å². The number of aromatic nitrogens is 1. The maximum absolute atomic E-state index is 11.2. The first kappa shape index (κ1) is 14.9. The van der Waals surface area contributed by atoms with Gasteiger partial charge in [-0.3, -0.25) is 0 Å². The summed E-state index contributed by atoms with van der Waals surface area (Å²) < 4.78 is 6.60. The number of pyridine rings is 1. The number of anilines is 1. The number of morpholine rings is 1. The third-order valence-electron chi connectivity index (χ3n) is 5.71. The molecule has 0 amide bonds. The molecule has 1 aromatic rings. The lowest BCUT2D eigenvalue weighted by Gasteiger charge is -2.52. The third-order valence-corrected chi connectivity index (χ3v) is 5.71. The van der Waals surface area contributed by atoms with Crippen LogP contribution in [0.15, 0.2) is 18.2 Å². The molecule has 1 N–H and O–H groups in total. The Morgan fingerprint density at radius 2 is 2.17 bits per heavy atom. The van der Waals surface area contributed by atoms with Gasteiger partial charge in [-0.15, -0.1) is 0 Å². The Labute approximate surface area is 136 Å². The fourth-order valence-electron chi connectivity index (χ4n) is 5.05. The van der Waals surface area contributed by atoms with Crippen molar-refractivity contribution in [1.29, 1.82) is 0 Å². The molecule has 2 saturated carbocycles. The van der Waals surface area contributed by atoms with Crippen LogP contribution in [0.3, 0.4) is 0 Å². The highest BCUT2D eigenvalue weighted by atomic mass is 16.5. The second kappa shape index (κ2) is 4.94. The van der Waals surface area contributed by atoms with Gasteiger partial charge in [0.25, 0.3) is 0 Å². The molecule has 0 aromatic carbocycles. The van der Waals surface area contributed by atoms with Gasteiger partial charge in [-0.25, -0.2) is 9.78 Å². The van der Waals surface area contributed by atoms with E-state index in [9.17, 15) is 9.90 Å². The van der Waals surface area contributed by atoms with Gasteiger partial charge in [0.05, 0.1) is 11.2 Å². The average molecular weight is 316 g/mol. The van der Waals surface area contributed by atoms with Gasteiger partial charge in [0.15, 0.2) is 5.69 Å². The number of carboxylic acids is 1. The minimum atomic E-state index is -0.978. The fourth-order valence-corrected chi connectivity index (χ4v) is 5.05. The smallest absolute Gasteiger partial charge is 0.354 e. The molecule has 1 spiro atoms. The zero-order valence-corrected chi connectivity index (χ0v) is 13.8. The van der Waals surface area contributed by atoms with E-state index in [4.69, 9.17) is 4.74 Å². The standard InChI is InChI=1S/C18H24N2O3/c1-17(2)10-20(15-5-3-4-14(19-15)16(21)22)11-18(23-17)9-12-6-7-13(18)8-12/h3-5,12-13H,6-11H2,1-2H3,(H,21,22)/t12-,13+,18+/m1/s1. The van der Waals surface area contributed by atoms with E-state index in [1.54, 1.807) is 12.1 Å². The molecule has 2 bridgehead atoms. The van der Waals surface area contributed by atoms with Crippen LogP contribution < -0.4 is 4.90 Å². The minimum absolute atomic E-state index is 0.0778. The molecular weight excluding hydrogens is 292 g/mol. The number of fused-ring (bicyclic) bond motifs is 3. The van der Waals surface area contributed by atoms with Gasteiger partial charge in [-0.1, -0.05) is 6.07 Å². The Morgan fingerprint density at radius 3 is 2.83 bits per heavy atom. The summed E-state index contributed by atoms with van der Waals surface area (Å²) in [6.45, 7) is 5.83. The average Bonchev–Trinajstić information content (AvgIpc) is 3.06. The summed E-state index contributed by atoms with van der Waals surface area (Å²) >= 11 is 0. The zero-order valence-electron chi connectivity index (χ0n) is 13.8. The van der Waals surface area contributed by atoms with Gasteiger partial charge in [0.1, 0.15) is 5.82 Å². The molecule has 2 heterocycles. The van der Waals surface area contributed by atoms with Crippen molar-refractivity contribution in [2.45, 2.75) is 50.7 Å². The summed E-state index contributed by atoms with van der Waals surface area (Å²) in [4.78, 5) is 17.8. The van der Waals surface area contributed by atoms with Crippen LogP contribution >= 0.6 is 0 Å². The van der Waals surface area contributed by atoms with Crippen molar-refractivity contribution < 1.29 is 14.6 Å². The molecule has 5 nitrogen and oxygen atoms in total. The molecule has 23 heavy (non-hydrogen) atoms. The van der Waals surface area contributed by atoms with Gasteiger partial charge in [0.2, 0.25) is 0 Å². The van der Waals surface area contributed by atoms with Crippen molar-refractivity contribution >= 4 is 11.8 Å². The molecule has 124 valence electrons. The van der Waals surface area contributed by atoms with Crippen molar-refractivity contribution in [3.8, 4) is 0 Å². The largest absolute Gasteiger partial charge is 0.477 e. The molecule has 3 aliphatic rings. The highest BCUT2D eigenvalue weighted by Crippen LogP contribution is 2.55. The first-order valence-electron chi connectivity index (χ1n) is 8.52. The molecule has 3 atom stereocenters. The topological polar surface area (TPSA) is 62.7 Å². The lowest BCUT2D eigenvalue weighted by atomic mass is 9.81. The predicted molar refractivity (Wildman–Crippen MR) is 86.8 cm³/mol. The Balaban J connectivity index is 1.66. The normalized spacial score (nSPS) is 35.0. The van der Waals surface area contributed by atoms with Crippen LogP contribution in [0, 0.1) is 11.8 Å². The number of rotatable bonds is 2. The number of hydrogen-bond acceptors (Lipinski definition) is 4. The summed E-state index contributed by atoms with van der Waals surface area (Å²) in [5.74, 6) is 1.21. The summed E-state index contributed by atoms with van der Waals surface area (Å²) in [7, 11) is 0. The van der Waals surface area contributed by atoms with E-state index >= 15 is 0 Å². The predicted octanol–water partition coefficient (Wildman–Crippen LogP) is 2.95. The van der Waals surface area contributed by atoms with Crippen molar-refractivity contribution in [3.05, 3.63) is 23.9 Å². The van der Waals surface area contributed by atoms with Crippen LogP contribution in [0.5, 0.6) is 0 Å². The summed E-state index contributed by atoms with van der Waals surface area (Å²) in [5.41, 5.74) is -0.219. The number of nitrogens with zero attached hydrogens (tertiary/aromatic N) is 2. The van der Waals surface area contributed by atoms with E-state index < -0.39 is 5.97 Å². The lowest BCUT2D eigenvalue weighted by Crippen LogP contribution is -2.62. The molecule has 1 aromatic heterocycles. The highest BCUT2D eigenvalue weighted by Gasteiger charge is 2.57. The molecule has 1 saturated heterocycles. The van der Waals surface area contributed by atoms with Gasteiger partial charge in [0, 0.05) is 13.1 Å². The Hall–Kier alpha value is -1.62. The Bertz CT molecular complexity index is 645. The summed E-state index contributed by atoms with van der Waals surface area (Å²) in [6.07, 6.45) is 5.02. The van der Waals surface area contributed by atoms with Gasteiger partial charge >= 0.3 is 5.97 Å². The molecule has 0 radical (unpaired) electrons. The summed E-state index contributed by atoms with van der Waals surface area (Å²) in [6, 6.07) is 5.24. The monoisotopic (exact) mass is 316 g/mol. The van der Waals surface area contributed by atoms with E-state index in [2.05, 4.69) is 23.7 Å². The first-order chi connectivity index (χ1) is 10.9. The highest BCUT2D eigenvalue weighted by molar-refractivity contribution is 5.85. The van der Waals surface area contributed by atoms with Crippen LogP contribution in [-0.4, -0.2) is 40.4 Å². The minimum Gasteiger partial charge on any atom is -0.477 e. The van der Waals surface area contributed by atoms with Crippen LogP contribution in [0.1, 0.15) is 50.0 Å².